The van der Waals surface area contributed by atoms with E-state index in [0.29, 0.717) is 6.61 Å². The summed E-state index contributed by atoms with van der Waals surface area (Å²) in [6.45, 7) is 2.03. The van der Waals surface area contributed by atoms with Gasteiger partial charge in [-0.15, -0.1) is 0 Å². The maximum absolute atomic E-state index is 10.5. The lowest BCUT2D eigenvalue weighted by atomic mass is 10.9. The first-order valence-corrected chi connectivity index (χ1v) is 3.98. The van der Waals surface area contributed by atoms with Crippen molar-refractivity contribution in [3.8, 4) is 0 Å². The summed E-state index contributed by atoms with van der Waals surface area (Å²) in [6.07, 6.45) is 1.10. The van der Waals surface area contributed by atoms with Crippen molar-refractivity contribution >= 4 is 23.0 Å². The molecule has 0 radical (unpaired) electrons. The van der Waals surface area contributed by atoms with Gasteiger partial charge in [-0.2, -0.15) is 4.99 Å². The molecule has 0 rings (SSSR count). The van der Waals surface area contributed by atoms with Crippen LogP contribution in [0.25, 0.3) is 0 Å². The van der Waals surface area contributed by atoms with Crippen LogP contribution in [0.5, 0.6) is 0 Å². The molecule has 5 heteroatoms. The minimum Gasteiger partial charge on any atom is -0.448 e. The van der Waals surface area contributed by atoms with Crippen molar-refractivity contribution < 1.29 is 9.53 Å². The molecule has 2 N–H and O–H groups in total. The molecule has 0 aliphatic carbocycles. The lowest BCUT2D eigenvalue weighted by Crippen LogP contribution is -2.10. The van der Waals surface area contributed by atoms with Crippen LogP contribution < -0.4 is 5.73 Å². The van der Waals surface area contributed by atoms with Crippen molar-refractivity contribution in [2.24, 2.45) is 10.7 Å². The van der Waals surface area contributed by atoms with E-state index in [0.717, 1.165) is 0 Å². The second-order valence-corrected chi connectivity index (χ2v) is 2.18. The van der Waals surface area contributed by atoms with Crippen LogP contribution >= 0.6 is 11.8 Å². The summed E-state index contributed by atoms with van der Waals surface area (Å²) in [4.78, 5) is 13.9. The molecular formula is C5H10N2O2S. The summed E-state index contributed by atoms with van der Waals surface area (Å²) >= 11 is 1.21. The summed E-state index contributed by atoms with van der Waals surface area (Å²) in [5.74, 6) is 0. The van der Waals surface area contributed by atoms with Gasteiger partial charge in [0, 0.05) is 0 Å². The van der Waals surface area contributed by atoms with E-state index < -0.39 is 6.09 Å². The Morgan fingerprint density at radius 2 is 2.40 bits per heavy atom. The number of nitrogens with zero attached hydrogens (tertiary/aromatic N) is 1. The van der Waals surface area contributed by atoms with Crippen molar-refractivity contribution in [2.75, 3.05) is 12.9 Å². The van der Waals surface area contributed by atoms with Crippen LogP contribution in [0.1, 0.15) is 6.92 Å². The summed E-state index contributed by atoms with van der Waals surface area (Å²) in [7, 11) is 0. The van der Waals surface area contributed by atoms with Gasteiger partial charge in [0.2, 0.25) is 0 Å². The van der Waals surface area contributed by atoms with Crippen molar-refractivity contribution in [1.29, 1.82) is 0 Å². The van der Waals surface area contributed by atoms with Crippen molar-refractivity contribution in [1.82, 2.24) is 0 Å². The van der Waals surface area contributed by atoms with Crippen LogP contribution in [0.2, 0.25) is 0 Å². The highest BCUT2D eigenvalue weighted by molar-refractivity contribution is 8.13. The van der Waals surface area contributed by atoms with Crippen molar-refractivity contribution in [2.45, 2.75) is 6.92 Å². The molecule has 0 aromatic rings. The number of hydrogen-bond donors (Lipinski definition) is 1. The molecule has 0 atom stereocenters. The average Bonchev–Trinajstić information content (AvgIpc) is 1.88. The molecule has 0 aliphatic rings. The van der Waals surface area contributed by atoms with Crippen LogP contribution in [0.15, 0.2) is 4.99 Å². The quantitative estimate of drug-likeness (QED) is 0.458. The van der Waals surface area contributed by atoms with Crippen LogP contribution in [0.3, 0.4) is 0 Å². The molecule has 4 nitrogen and oxygen atoms in total. The van der Waals surface area contributed by atoms with Crippen molar-refractivity contribution in [3.63, 3.8) is 0 Å². The summed E-state index contributed by atoms with van der Waals surface area (Å²) in [6, 6.07) is 0. The van der Waals surface area contributed by atoms with Crippen LogP contribution in [0.4, 0.5) is 4.79 Å². The summed E-state index contributed by atoms with van der Waals surface area (Å²) in [5, 5.41) is 0.221. The number of ether oxygens (including phenoxy) is 1. The summed E-state index contributed by atoms with van der Waals surface area (Å²) in [5.41, 5.74) is 5.22. The topological polar surface area (TPSA) is 64.7 Å². The number of carbonyl (C=O) groups is 1. The van der Waals surface area contributed by atoms with E-state index in [2.05, 4.69) is 9.73 Å². The van der Waals surface area contributed by atoms with E-state index in [1.54, 1.807) is 13.2 Å². The van der Waals surface area contributed by atoms with Gasteiger partial charge in [-0.1, -0.05) is 11.8 Å². The van der Waals surface area contributed by atoms with E-state index >= 15 is 0 Å². The zero-order chi connectivity index (χ0) is 7.98. The van der Waals surface area contributed by atoms with E-state index in [1.807, 2.05) is 0 Å². The first-order valence-electron chi connectivity index (χ1n) is 2.75. The lowest BCUT2D eigenvalue weighted by molar-refractivity contribution is 0.163. The number of amidine groups is 1. The Kier molecular flexibility index (Phi) is 4.74. The zero-order valence-corrected chi connectivity index (χ0v) is 6.77. The Labute approximate surface area is 63.8 Å². The van der Waals surface area contributed by atoms with E-state index in [4.69, 9.17) is 5.73 Å². The largest absolute Gasteiger partial charge is 0.448 e. The first-order chi connectivity index (χ1) is 4.70. The average molecular weight is 162 g/mol. The van der Waals surface area contributed by atoms with E-state index in [9.17, 15) is 4.79 Å². The Morgan fingerprint density at radius 3 is 2.80 bits per heavy atom. The predicted octanol–water partition coefficient (Wildman–Crippen LogP) is 0.821. The minimum absolute atomic E-state index is 0.221. The Bertz CT molecular complexity index is 147. The fourth-order valence-corrected chi connectivity index (χ4v) is 0.457. The standard InChI is InChI=1S/C5H10N2O2S/c1-3-9-5(8)7-4(6)10-2/h3H2,1-2H3,(H2,6,7,8). The molecular weight excluding hydrogens is 152 g/mol. The maximum Gasteiger partial charge on any atom is 0.435 e. The second-order valence-electron chi connectivity index (χ2n) is 1.35. The Hall–Kier alpha value is -0.710. The van der Waals surface area contributed by atoms with Gasteiger partial charge in [-0.25, -0.2) is 4.79 Å². The molecule has 0 spiro atoms. The Morgan fingerprint density at radius 1 is 1.80 bits per heavy atom. The van der Waals surface area contributed by atoms with E-state index in [1.165, 1.54) is 11.8 Å². The highest BCUT2D eigenvalue weighted by Crippen LogP contribution is 1.92. The van der Waals surface area contributed by atoms with E-state index in [-0.39, 0.29) is 5.17 Å². The van der Waals surface area contributed by atoms with Gasteiger partial charge in [0.05, 0.1) is 6.61 Å². The molecule has 0 aromatic carbocycles. The minimum atomic E-state index is -0.630. The maximum atomic E-state index is 10.5. The second kappa shape index (κ2) is 5.10. The SMILES string of the molecule is CCOC(=O)/N=C(/N)SC. The molecule has 0 fully saturated rings. The van der Waals surface area contributed by atoms with Crippen LogP contribution in [-0.4, -0.2) is 24.1 Å². The smallest absolute Gasteiger partial charge is 0.435 e. The molecule has 0 aliphatic heterocycles. The molecule has 58 valence electrons. The molecule has 0 saturated carbocycles. The fourth-order valence-electron chi connectivity index (χ4n) is 0.291. The van der Waals surface area contributed by atoms with Crippen molar-refractivity contribution in [3.05, 3.63) is 0 Å². The lowest BCUT2D eigenvalue weighted by Gasteiger charge is -1.95. The van der Waals surface area contributed by atoms with Gasteiger partial charge in [-0.05, 0) is 13.2 Å². The third kappa shape index (κ3) is 4.20. The number of carbonyl (C=O) groups excluding carboxylic acids is 1. The molecule has 10 heavy (non-hydrogen) atoms. The number of rotatable bonds is 1. The molecule has 0 heterocycles. The van der Waals surface area contributed by atoms with Gasteiger partial charge in [0.25, 0.3) is 0 Å². The van der Waals surface area contributed by atoms with Gasteiger partial charge in [-0.3, -0.25) is 0 Å². The number of nitrogens with two attached hydrogens (primary N) is 1. The summed E-state index contributed by atoms with van der Waals surface area (Å²) < 4.78 is 4.49. The highest BCUT2D eigenvalue weighted by Gasteiger charge is 1.97. The van der Waals surface area contributed by atoms with Gasteiger partial charge < -0.3 is 10.5 Å². The molecule has 1 amide bonds. The predicted molar refractivity (Wildman–Crippen MR) is 42.2 cm³/mol. The molecule has 0 bridgehead atoms. The van der Waals surface area contributed by atoms with Gasteiger partial charge >= 0.3 is 6.09 Å². The Balaban J connectivity index is 3.75. The first kappa shape index (κ1) is 9.29. The zero-order valence-electron chi connectivity index (χ0n) is 5.96. The fraction of sp³-hybridized carbons (Fsp3) is 0.600. The number of aliphatic imine (C=N–C) groups is 1. The number of hydrogen-bond acceptors (Lipinski definition) is 3. The highest BCUT2D eigenvalue weighted by atomic mass is 32.2. The monoisotopic (exact) mass is 162 g/mol. The van der Waals surface area contributed by atoms with Gasteiger partial charge in [0.15, 0.2) is 5.17 Å². The molecule has 0 aromatic heterocycles. The van der Waals surface area contributed by atoms with Gasteiger partial charge in [0.1, 0.15) is 0 Å². The number of amides is 1. The van der Waals surface area contributed by atoms with Crippen LogP contribution in [-0.2, 0) is 4.74 Å². The third-order valence-corrected chi connectivity index (χ3v) is 1.19. The molecule has 0 unspecified atom stereocenters. The normalized spacial score (nSPS) is 11.2. The molecule has 0 saturated heterocycles. The third-order valence-electron chi connectivity index (χ3n) is 0.678. The van der Waals surface area contributed by atoms with Crippen LogP contribution in [0, 0.1) is 0 Å². The number of thioether (sulfide) groups is 1.